The molecule has 9 nitrogen and oxygen atoms in total. The molecule has 0 bridgehead atoms. The minimum atomic E-state index is -1.35. The van der Waals surface area contributed by atoms with Gasteiger partial charge in [0.1, 0.15) is 37.0 Å². The molecule has 2 aliphatic heterocycles. The summed E-state index contributed by atoms with van der Waals surface area (Å²) in [6.07, 6.45) is -1.26. The molecule has 0 aliphatic carbocycles. The first kappa shape index (κ1) is 25.5. The van der Waals surface area contributed by atoms with Crippen LogP contribution in [0.5, 0.6) is 0 Å². The Bertz CT molecular complexity index is 904. The summed E-state index contributed by atoms with van der Waals surface area (Å²) in [5, 5.41) is 2.52. The van der Waals surface area contributed by atoms with Crippen molar-refractivity contribution in [2.75, 3.05) is 19.6 Å². The van der Waals surface area contributed by atoms with E-state index in [2.05, 4.69) is 5.32 Å². The summed E-state index contributed by atoms with van der Waals surface area (Å²) in [7, 11) is 0. The Morgan fingerprint density at radius 1 is 1.09 bits per heavy atom. The zero-order chi connectivity index (χ0) is 24.9. The summed E-state index contributed by atoms with van der Waals surface area (Å²) in [6, 6.07) is 7.32. The van der Waals surface area contributed by atoms with Crippen LogP contribution >= 0.6 is 0 Å². The third-order valence-corrected chi connectivity index (χ3v) is 5.65. The molecular weight excluding hydrogens is 445 g/mol. The zero-order valence-corrected chi connectivity index (χ0v) is 19.8. The van der Waals surface area contributed by atoms with Crippen molar-refractivity contribution in [1.29, 1.82) is 0 Å². The Balaban J connectivity index is 1.55. The van der Waals surface area contributed by atoms with Gasteiger partial charge < -0.3 is 19.7 Å². The number of nitrogens with zero attached hydrogens (tertiary/aromatic N) is 2. The molecule has 186 valence electrons. The van der Waals surface area contributed by atoms with Gasteiger partial charge in [0.25, 0.3) is 0 Å². The van der Waals surface area contributed by atoms with Gasteiger partial charge in [0.05, 0.1) is 6.54 Å². The van der Waals surface area contributed by atoms with Crippen LogP contribution in [0.2, 0.25) is 0 Å². The standard InChI is InChI=1S/C24H32FN3O6/c1-24(2,3)34-23(32)28-14-17(25)12-19(28)22(31)27-11-7-10-18(27)21(30)26-13-20(29)33-15-16-8-5-4-6-9-16/h4-6,8-9,17-19H,7,10-15H2,1-3H3,(H,26,30)/t17-,18+,19+/m1/s1. The van der Waals surface area contributed by atoms with Crippen LogP contribution in [0.15, 0.2) is 30.3 Å². The van der Waals surface area contributed by atoms with Crippen LogP contribution in [0.4, 0.5) is 9.18 Å². The number of carbonyl (C=O) groups excluding carboxylic acids is 4. The highest BCUT2D eigenvalue weighted by Gasteiger charge is 2.46. The van der Waals surface area contributed by atoms with Gasteiger partial charge in [0, 0.05) is 13.0 Å². The smallest absolute Gasteiger partial charge is 0.411 e. The normalized spacial score (nSPS) is 22.4. The second-order valence-electron chi connectivity index (χ2n) is 9.54. The molecule has 34 heavy (non-hydrogen) atoms. The fourth-order valence-corrected chi connectivity index (χ4v) is 4.10. The van der Waals surface area contributed by atoms with Crippen molar-refractivity contribution in [3.63, 3.8) is 0 Å². The first-order valence-electron chi connectivity index (χ1n) is 11.5. The molecule has 10 heteroatoms. The topological polar surface area (TPSA) is 105 Å². The maximum Gasteiger partial charge on any atom is 0.411 e. The molecular formula is C24H32FN3O6. The second kappa shape index (κ2) is 10.8. The van der Waals surface area contributed by atoms with Crippen molar-refractivity contribution in [2.45, 2.75) is 70.5 Å². The number of amides is 3. The number of halogens is 1. The van der Waals surface area contributed by atoms with Crippen LogP contribution in [-0.2, 0) is 30.5 Å². The van der Waals surface area contributed by atoms with Gasteiger partial charge in [-0.05, 0) is 39.2 Å². The van der Waals surface area contributed by atoms with Crippen LogP contribution in [0.1, 0.15) is 45.6 Å². The summed E-state index contributed by atoms with van der Waals surface area (Å²) in [4.78, 5) is 53.0. The molecule has 2 saturated heterocycles. The van der Waals surface area contributed by atoms with Gasteiger partial charge in [0.2, 0.25) is 11.8 Å². The molecule has 0 radical (unpaired) electrons. The van der Waals surface area contributed by atoms with Gasteiger partial charge in [-0.3, -0.25) is 19.3 Å². The maximum atomic E-state index is 14.2. The number of hydrogen-bond acceptors (Lipinski definition) is 6. The van der Waals surface area contributed by atoms with Crippen molar-refractivity contribution in [1.82, 2.24) is 15.1 Å². The van der Waals surface area contributed by atoms with Crippen molar-refractivity contribution < 1.29 is 33.0 Å². The molecule has 2 heterocycles. The molecule has 3 amide bonds. The van der Waals surface area contributed by atoms with Crippen LogP contribution in [0.25, 0.3) is 0 Å². The van der Waals surface area contributed by atoms with Crippen LogP contribution < -0.4 is 5.32 Å². The number of likely N-dealkylation sites (tertiary alicyclic amines) is 2. The molecule has 3 atom stereocenters. The maximum absolute atomic E-state index is 14.2. The lowest BCUT2D eigenvalue weighted by Gasteiger charge is -2.31. The summed E-state index contributed by atoms with van der Waals surface area (Å²) in [5.41, 5.74) is 0.0385. The molecule has 1 aromatic rings. The van der Waals surface area contributed by atoms with Crippen molar-refractivity contribution in [3.05, 3.63) is 35.9 Å². The van der Waals surface area contributed by atoms with Gasteiger partial charge in [0.15, 0.2) is 0 Å². The predicted octanol–water partition coefficient (Wildman–Crippen LogP) is 2.18. The minimum Gasteiger partial charge on any atom is -0.460 e. The third kappa shape index (κ3) is 6.68. The second-order valence-corrected chi connectivity index (χ2v) is 9.54. The van der Waals surface area contributed by atoms with Crippen LogP contribution in [-0.4, -0.2) is 77.2 Å². The molecule has 2 aliphatic rings. The Morgan fingerprint density at radius 3 is 2.47 bits per heavy atom. The fourth-order valence-electron chi connectivity index (χ4n) is 4.10. The Kier molecular flexibility index (Phi) is 8.11. The summed E-state index contributed by atoms with van der Waals surface area (Å²) in [6.45, 7) is 4.91. The van der Waals surface area contributed by atoms with Crippen LogP contribution in [0.3, 0.4) is 0 Å². The van der Waals surface area contributed by atoms with E-state index in [1.54, 1.807) is 20.8 Å². The van der Waals surface area contributed by atoms with E-state index in [0.717, 1.165) is 10.5 Å². The van der Waals surface area contributed by atoms with E-state index in [0.29, 0.717) is 19.4 Å². The Hall–Kier alpha value is -3.17. The molecule has 3 rings (SSSR count). The lowest BCUT2D eigenvalue weighted by atomic mass is 10.1. The number of hydrogen-bond donors (Lipinski definition) is 1. The van der Waals surface area contributed by atoms with E-state index in [-0.39, 0.29) is 26.1 Å². The highest BCUT2D eigenvalue weighted by atomic mass is 19.1. The lowest BCUT2D eigenvalue weighted by Crippen LogP contribution is -2.53. The predicted molar refractivity (Wildman–Crippen MR) is 120 cm³/mol. The third-order valence-electron chi connectivity index (χ3n) is 5.65. The highest BCUT2D eigenvalue weighted by Crippen LogP contribution is 2.28. The number of ether oxygens (including phenoxy) is 2. The first-order chi connectivity index (χ1) is 16.0. The fraction of sp³-hybridized carbons (Fsp3) is 0.583. The van der Waals surface area contributed by atoms with Crippen molar-refractivity contribution >= 4 is 23.9 Å². The first-order valence-corrected chi connectivity index (χ1v) is 11.5. The van der Waals surface area contributed by atoms with E-state index in [1.807, 2.05) is 30.3 Å². The van der Waals surface area contributed by atoms with Crippen molar-refractivity contribution in [3.8, 4) is 0 Å². The highest BCUT2D eigenvalue weighted by molar-refractivity contribution is 5.93. The van der Waals surface area contributed by atoms with Gasteiger partial charge in [-0.25, -0.2) is 9.18 Å². The van der Waals surface area contributed by atoms with E-state index < -0.39 is 47.7 Å². The summed E-state index contributed by atoms with van der Waals surface area (Å²) in [5.74, 6) is -1.57. The SMILES string of the molecule is CC(C)(C)OC(=O)N1C[C@H](F)C[C@H]1C(=O)N1CCC[C@H]1C(=O)NCC(=O)OCc1ccccc1. The van der Waals surface area contributed by atoms with E-state index in [4.69, 9.17) is 9.47 Å². The number of alkyl halides is 1. The summed E-state index contributed by atoms with van der Waals surface area (Å²) >= 11 is 0. The minimum absolute atomic E-state index is 0.0934. The summed E-state index contributed by atoms with van der Waals surface area (Å²) < 4.78 is 24.7. The number of carbonyl (C=O) groups is 4. The monoisotopic (exact) mass is 477 g/mol. The van der Waals surface area contributed by atoms with E-state index in [1.165, 1.54) is 4.90 Å². The van der Waals surface area contributed by atoms with Gasteiger partial charge in [-0.2, -0.15) is 0 Å². The van der Waals surface area contributed by atoms with Crippen molar-refractivity contribution in [2.24, 2.45) is 0 Å². The molecule has 0 aromatic heterocycles. The Morgan fingerprint density at radius 2 is 1.79 bits per heavy atom. The molecule has 0 spiro atoms. The quantitative estimate of drug-likeness (QED) is 0.630. The number of benzene rings is 1. The van der Waals surface area contributed by atoms with Gasteiger partial charge in [-0.15, -0.1) is 0 Å². The average Bonchev–Trinajstić information content (AvgIpc) is 3.42. The number of esters is 1. The largest absolute Gasteiger partial charge is 0.460 e. The van der Waals surface area contributed by atoms with Gasteiger partial charge >= 0.3 is 12.1 Å². The zero-order valence-electron chi connectivity index (χ0n) is 19.8. The molecule has 1 N–H and O–H groups in total. The van der Waals surface area contributed by atoms with E-state index in [9.17, 15) is 23.6 Å². The molecule has 1 aromatic carbocycles. The molecule has 2 fully saturated rings. The van der Waals surface area contributed by atoms with E-state index >= 15 is 0 Å². The molecule has 0 unspecified atom stereocenters. The van der Waals surface area contributed by atoms with Crippen LogP contribution in [0, 0.1) is 0 Å². The number of rotatable bonds is 6. The average molecular weight is 478 g/mol. The lowest BCUT2D eigenvalue weighted by molar-refractivity contribution is -0.146. The number of nitrogens with one attached hydrogen (secondary N) is 1. The Labute approximate surface area is 198 Å². The molecule has 0 saturated carbocycles. The van der Waals surface area contributed by atoms with Gasteiger partial charge in [-0.1, -0.05) is 30.3 Å².